The molecule has 0 saturated carbocycles. The van der Waals surface area contributed by atoms with Gasteiger partial charge in [-0.2, -0.15) is 0 Å². The first-order chi connectivity index (χ1) is 18.2. The fourth-order valence-electron chi connectivity index (χ4n) is 3.79. The molecule has 0 bridgehead atoms. The molecule has 0 spiro atoms. The van der Waals surface area contributed by atoms with Crippen LogP contribution in [0.4, 0.5) is 14.6 Å². The number of aliphatic hydroxyl groups is 1. The summed E-state index contributed by atoms with van der Waals surface area (Å²) in [5, 5.41) is 15.2. The molecule has 12 heteroatoms. The molecule has 4 N–H and O–H groups in total. The highest BCUT2D eigenvalue weighted by Gasteiger charge is 2.23. The number of benzene rings is 2. The fraction of sp³-hybridized carbons (Fsp3) is 0.269. The topological polar surface area (TPSA) is 144 Å². The molecule has 0 aliphatic carbocycles. The van der Waals surface area contributed by atoms with Crippen molar-refractivity contribution >= 4 is 15.7 Å². The molecule has 38 heavy (non-hydrogen) atoms. The van der Waals surface area contributed by atoms with Crippen molar-refractivity contribution in [3.63, 3.8) is 0 Å². The van der Waals surface area contributed by atoms with E-state index in [0.29, 0.717) is 23.4 Å². The van der Waals surface area contributed by atoms with Crippen LogP contribution in [0.5, 0.6) is 0 Å². The Morgan fingerprint density at radius 3 is 2.58 bits per heavy atom. The van der Waals surface area contributed by atoms with Crippen LogP contribution in [0, 0.1) is 5.82 Å². The zero-order valence-electron chi connectivity index (χ0n) is 20.6. The van der Waals surface area contributed by atoms with E-state index in [9.17, 15) is 17.2 Å². The highest BCUT2D eigenvalue weighted by atomic mass is 32.2. The second kappa shape index (κ2) is 11.8. The van der Waals surface area contributed by atoms with Crippen molar-refractivity contribution in [2.75, 3.05) is 25.6 Å². The van der Waals surface area contributed by atoms with E-state index in [-0.39, 0.29) is 53.0 Å². The third-order valence-corrected chi connectivity index (χ3v) is 8.22. The van der Waals surface area contributed by atoms with Gasteiger partial charge in [0.15, 0.2) is 27.1 Å². The van der Waals surface area contributed by atoms with Gasteiger partial charge in [0.2, 0.25) is 0 Å². The molecule has 1 unspecified atom stereocenters. The van der Waals surface area contributed by atoms with Gasteiger partial charge in [-0.15, -0.1) is 0 Å². The Kier molecular flexibility index (Phi) is 8.45. The molecule has 9 nitrogen and oxygen atoms in total. The van der Waals surface area contributed by atoms with E-state index >= 15 is 0 Å². The van der Waals surface area contributed by atoms with E-state index in [0.717, 1.165) is 0 Å². The van der Waals surface area contributed by atoms with E-state index in [4.69, 9.17) is 15.4 Å². The van der Waals surface area contributed by atoms with E-state index in [1.165, 1.54) is 30.5 Å². The van der Waals surface area contributed by atoms with Gasteiger partial charge in [0.25, 0.3) is 0 Å². The number of alkyl halides is 1. The molecule has 4 aromatic rings. The lowest BCUT2D eigenvalue weighted by Gasteiger charge is -2.12. The summed E-state index contributed by atoms with van der Waals surface area (Å²) in [6.45, 7) is 1.34. The van der Waals surface area contributed by atoms with Crippen LogP contribution in [0.2, 0.25) is 0 Å². The van der Waals surface area contributed by atoms with Crippen LogP contribution in [-0.4, -0.2) is 53.7 Å². The van der Waals surface area contributed by atoms with Crippen molar-refractivity contribution in [1.29, 1.82) is 0 Å². The average Bonchev–Trinajstić information content (AvgIpc) is 3.39. The number of sulfone groups is 1. The minimum atomic E-state index is -3.58. The van der Waals surface area contributed by atoms with Crippen LogP contribution in [0.25, 0.3) is 34.0 Å². The summed E-state index contributed by atoms with van der Waals surface area (Å²) in [6, 6.07) is 12.3. The molecule has 1 atom stereocenters. The van der Waals surface area contributed by atoms with E-state index < -0.39 is 27.6 Å². The van der Waals surface area contributed by atoms with Gasteiger partial charge in [-0.1, -0.05) is 23.4 Å². The number of hydrogen-bond donors (Lipinski definition) is 3. The predicted molar refractivity (Wildman–Crippen MR) is 139 cm³/mol. The summed E-state index contributed by atoms with van der Waals surface area (Å²) in [5.74, 6) is -0.263. The molecule has 200 valence electrons. The quantitative estimate of drug-likeness (QED) is 0.241. The number of aromatic nitrogens is 3. The third-order valence-electron chi connectivity index (χ3n) is 6.00. The molecular weight excluding hydrogens is 516 g/mol. The average molecular weight is 544 g/mol. The fourth-order valence-corrected chi connectivity index (χ4v) is 5.19. The van der Waals surface area contributed by atoms with E-state index in [1.54, 1.807) is 31.2 Å². The van der Waals surface area contributed by atoms with Gasteiger partial charge in [-0.25, -0.2) is 27.2 Å². The molecular formula is C26H27F2N5O4S. The minimum absolute atomic E-state index is 0.0724. The number of nitrogens with zero attached hydrogens (tertiary/aromatic N) is 3. The summed E-state index contributed by atoms with van der Waals surface area (Å²) < 4.78 is 57.7. The number of aliphatic hydroxyl groups excluding tert-OH is 1. The first-order valence-corrected chi connectivity index (χ1v) is 13.4. The monoisotopic (exact) mass is 543 g/mol. The van der Waals surface area contributed by atoms with Gasteiger partial charge in [-0.3, -0.25) is 0 Å². The maximum Gasteiger partial charge on any atom is 0.189 e. The van der Waals surface area contributed by atoms with Gasteiger partial charge in [-0.05, 0) is 43.2 Å². The number of hydrogen-bond acceptors (Lipinski definition) is 9. The number of anilines is 1. The lowest BCUT2D eigenvalue weighted by atomic mass is 10.1. The molecule has 4 rings (SSSR count). The Morgan fingerprint density at radius 2 is 1.89 bits per heavy atom. The molecule has 0 aliphatic rings. The second-order valence-corrected chi connectivity index (χ2v) is 11.0. The summed E-state index contributed by atoms with van der Waals surface area (Å²) in [7, 11) is -3.58. The Bertz CT molecular complexity index is 1510. The number of nitrogens with one attached hydrogen (secondary N) is 1. The molecule has 0 fully saturated rings. The smallest absolute Gasteiger partial charge is 0.189 e. The number of nitrogens with two attached hydrogens (primary N) is 1. The highest BCUT2D eigenvalue weighted by Crippen LogP contribution is 2.31. The van der Waals surface area contributed by atoms with Gasteiger partial charge >= 0.3 is 0 Å². The standard InChI is InChI=1S/C26H27F2N5O4S/c1-16(8-11-34)38(35,36)19-5-3-18(4-6-19)23-15-31-26(29)25(32-23)24-13-22(33-37-24)20-7-2-17(12-21(20)28)14-30-10-9-27/h2-7,12-13,15-16,30,34H,8-11,14H2,1H3,(H2,29,31). The van der Waals surface area contributed by atoms with Crippen LogP contribution in [0.15, 0.2) is 64.1 Å². The summed E-state index contributed by atoms with van der Waals surface area (Å²) in [4.78, 5) is 8.83. The zero-order chi connectivity index (χ0) is 27.3. The Balaban J connectivity index is 1.58. The number of rotatable bonds is 11. The predicted octanol–water partition coefficient (Wildman–Crippen LogP) is 3.79. The first-order valence-electron chi connectivity index (χ1n) is 11.8. The van der Waals surface area contributed by atoms with Crippen molar-refractivity contribution in [3.05, 3.63) is 66.1 Å². The normalized spacial score (nSPS) is 12.5. The van der Waals surface area contributed by atoms with Crippen molar-refractivity contribution in [3.8, 4) is 34.0 Å². The molecule has 2 heterocycles. The SMILES string of the molecule is CC(CCO)S(=O)(=O)c1ccc(-c2cnc(N)c(-c3cc(-c4ccc(CNCCF)cc4F)no3)n2)cc1. The molecule has 0 saturated heterocycles. The van der Waals surface area contributed by atoms with Crippen LogP contribution >= 0.6 is 0 Å². The van der Waals surface area contributed by atoms with Gasteiger partial charge in [0.1, 0.15) is 18.2 Å². The zero-order valence-corrected chi connectivity index (χ0v) is 21.4. The van der Waals surface area contributed by atoms with Gasteiger partial charge < -0.3 is 20.7 Å². The van der Waals surface area contributed by atoms with Crippen molar-refractivity contribution in [1.82, 2.24) is 20.4 Å². The summed E-state index contributed by atoms with van der Waals surface area (Å²) in [6.07, 6.45) is 1.59. The molecule has 0 radical (unpaired) electrons. The lowest BCUT2D eigenvalue weighted by Crippen LogP contribution is -2.19. The first kappa shape index (κ1) is 27.3. The Hall–Kier alpha value is -3.74. The largest absolute Gasteiger partial charge is 0.396 e. The van der Waals surface area contributed by atoms with Gasteiger partial charge in [0.05, 0.1) is 22.0 Å². The Labute approximate surface area is 218 Å². The molecule has 0 amide bonds. The third kappa shape index (κ3) is 5.87. The Morgan fingerprint density at radius 1 is 1.13 bits per heavy atom. The van der Waals surface area contributed by atoms with Crippen LogP contribution in [0.3, 0.4) is 0 Å². The summed E-state index contributed by atoms with van der Waals surface area (Å²) in [5.41, 5.74) is 8.34. The van der Waals surface area contributed by atoms with Crippen LogP contribution in [0.1, 0.15) is 18.9 Å². The van der Waals surface area contributed by atoms with Crippen molar-refractivity contribution < 1.29 is 26.8 Å². The summed E-state index contributed by atoms with van der Waals surface area (Å²) >= 11 is 0. The van der Waals surface area contributed by atoms with Crippen molar-refractivity contribution in [2.24, 2.45) is 0 Å². The molecule has 2 aromatic carbocycles. The number of halogens is 2. The molecule has 2 aromatic heterocycles. The lowest BCUT2D eigenvalue weighted by molar-refractivity contribution is 0.287. The van der Waals surface area contributed by atoms with E-state index in [1.807, 2.05) is 0 Å². The van der Waals surface area contributed by atoms with Crippen LogP contribution < -0.4 is 11.1 Å². The van der Waals surface area contributed by atoms with Crippen LogP contribution in [-0.2, 0) is 16.4 Å². The maximum atomic E-state index is 14.7. The highest BCUT2D eigenvalue weighted by molar-refractivity contribution is 7.92. The maximum absolute atomic E-state index is 14.7. The van der Waals surface area contributed by atoms with Crippen molar-refractivity contribution in [2.45, 2.75) is 30.0 Å². The van der Waals surface area contributed by atoms with Gasteiger partial charge in [0, 0.05) is 36.9 Å². The number of nitrogen functional groups attached to an aromatic ring is 1. The second-order valence-electron chi connectivity index (χ2n) is 8.64. The van der Waals surface area contributed by atoms with E-state index in [2.05, 4.69) is 20.4 Å². The molecule has 0 aliphatic heterocycles. The minimum Gasteiger partial charge on any atom is -0.396 e.